The molecule has 130 valence electrons. The van der Waals surface area contributed by atoms with Gasteiger partial charge in [-0.3, -0.25) is 10.1 Å². The lowest BCUT2D eigenvalue weighted by atomic mass is 10.1. The molecule has 25 heavy (non-hydrogen) atoms. The topological polar surface area (TPSA) is 107 Å². The molecule has 1 N–H and O–H groups in total. The molecule has 3 rings (SSSR count). The van der Waals surface area contributed by atoms with Crippen LogP contribution in [0.3, 0.4) is 0 Å². The van der Waals surface area contributed by atoms with Gasteiger partial charge in [0.25, 0.3) is 5.69 Å². The third kappa shape index (κ3) is 3.44. The average molecular weight is 355 g/mol. The number of ether oxygens (including phenoxy) is 2. The average Bonchev–Trinajstić information content (AvgIpc) is 2.97. The Morgan fingerprint density at radius 1 is 1.20 bits per heavy atom. The van der Waals surface area contributed by atoms with Crippen molar-refractivity contribution in [1.82, 2.24) is 9.97 Å². The summed E-state index contributed by atoms with van der Waals surface area (Å²) in [5.74, 6) is 0.463. The second kappa shape index (κ2) is 5.92. The lowest BCUT2D eigenvalue weighted by Crippen LogP contribution is -2.19. The number of H-pyrrole nitrogens is 1. The van der Waals surface area contributed by atoms with Crippen LogP contribution in [-0.4, -0.2) is 21.7 Å². The Balaban J connectivity index is 2.02. The van der Waals surface area contributed by atoms with Crippen molar-refractivity contribution in [2.75, 3.05) is 6.79 Å². The minimum atomic E-state index is -4.79. The van der Waals surface area contributed by atoms with Gasteiger partial charge in [-0.05, 0) is 24.3 Å². The van der Waals surface area contributed by atoms with Crippen LogP contribution in [0.2, 0.25) is 0 Å². The van der Waals surface area contributed by atoms with Crippen molar-refractivity contribution in [3.63, 3.8) is 0 Å². The zero-order chi connectivity index (χ0) is 18.2. The predicted molar refractivity (Wildman–Crippen MR) is 78.0 cm³/mol. The molecule has 1 aliphatic rings. The van der Waals surface area contributed by atoms with Gasteiger partial charge in [0.15, 0.2) is 17.2 Å². The number of nitro groups is 1. The number of nitrogens with zero attached hydrogens (tertiary/aromatic N) is 2. The molecular formula is C14H8F3N3O5. The Labute approximate surface area is 136 Å². The second-order valence-corrected chi connectivity index (χ2v) is 4.88. The number of nitrogens with one attached hydrogen (secondary N) is 1. The van der Waals surface area contributed by atoms with Crippen LogP contribution >= 0.6 is 0 Å². The number of aromatic amines is 1. The number of rotatable bonds is 3. The Bertz CT molecular complexity index is 936. The molecule has 0 aliphatic carbocycles. The number of alkyl halides is 3. The van der Waals surface area contributed by atoms with Gasteiger partial charge in [-0.25, -0.2) is 4.79 Å². The van der Waals surface area contributed by atoms with Gasteiger partial charge in [0.2, 0.25) is 6.79 Å². The Kier molecular flexibility index (Phi) is 3.91. The van der Waals surface area contributed by atoms with E-state index in [0.29, 0.717) is 6.07 Å². The molecule has 2 aromatic rings. The fourth-order valence-corrected chi connectivity index (χ4v) is 2.13. The number of hydrogen-bond donors (Lipinski definition) is 1. The quantitative estimate of drug-likeness (QED) is 0.670. The summed E-state index contributed by atoms with van der Waals surface area (Å²) >= 11 is 0. The third-order valence-corrected chi connectivity index (χ3v) is 3.22. The molecule has 11 heteroatoms. The molecule has 0 spiro atoms. The van der Waals surface area contributed by atoms with E-state index in [9.17, 15) is 28.1 Å². The highest BCUT2D eigenvalue weighted by molar-refractivity contribution is 5.75. The molecule has 1 aromatic heterocycles. The fourth-order valence-electron chi connectivity index (χ4n) is 2.13. The normalized spacial score (nSPS) is 13.4. The highest BCUT2D eigenvalue weighted by Crippen LogP contribution is 2.38. The maximum atomic E-state index is 12.7. The fraction of sp³-hybridized carbons (Fsp3) is 0.143. The van der Waals surface area contributed by atoms with Gasteiger partial charge in [-0.2, -0.15) is 18.2 Å². The molecule has 0 atom stereocenters. The van der Waals surface area contributed by atoms with E-state index in [2.05, 4.69) is 9.97 Å². The summed E-state index contributed by atoms with van der Waals surface area (Å²) in [4.78, 5) is 26.7. The first kappa shape index (κ1) is 16.5. The molecule has 2 heterocycles. The summed E-state index contributed by atoms with van der Waals surface area (Å²) < 4.78 is 48.2. The number of halogens is 3. The van der Waals surface area contributed by atoms with Crippen LogP contribution in [0.5, 0.6) is 11.5 Å². The van der Waals surface area contributed by atoms with E-state index in [0.717, 1.165) is 12.1 Å². The highest BCUT2D eigenvalue weighted by atomic mass is 19.4. The number of aromatic nitrogens is 2. The van der Waals surface area contributed by atoms with E-state index in [1.54, 1.807) is 0 Å². The molecule has 8 nitrogen and oxygen atoms in total. The second-order valence-electron chi connectivity index (χ2n) is 4.88. The van der Waals surface area contributed by atoms with Crippen molar-refractivity contribution in [2.45, 2.75) is 6.18 Å². The zero-order valence-electron chi connectivity index (χ0n) is 12.2. The highest BCUT2D eigenvalue weighted by Gasteiger charge is 2.33. The Morgan fingerprint density at radius 3 is 2.52 bits per heavy atom. The van der Waals surface area contributed by atoms with Crippen LogP contribution in [-0.2, 0) is 6.18 Å². The summed E-state index contributed by atoms with van der Waals surface area (Å²) in [6.07, 6.45) is -2.50. The number of nitro benzene ring substituents is 1. The maximum absolute atomic E-state index is 12.7. The van der Waals surface area contributed by atoms with Gasteiger partial charge >= 0.3 is 11.9 Å². The van der Waals surface area contributed by atoms with Crippen LogP contribution in [0.1, 0.15) is 17.0 Å². The monoisotopic (exact) mass is 355 g/mol. The lowest BCUT2D eigenvalue weighted by molar-refractivity contribution is -0.385. The molecule has 0 bridgehead atoms. The van der Waals surface area contributed by atoms with Crippen LogP contribution in [0.15, 0.2) is 23.0 Å². The molecule has 0 unspecified atom stereocenters. The largest absolute Gasteiger partial charge is 0.454 e. The van der Waals surface area contributed by atoms with Crippen molar-refractivity contribution in [3.8, 4) is 11.5 Å². The maximum Gasteiger partial charge on any atom is 0.433 e. The van der Waals surface area contributed by atoms with E-state index in [1.807, 2.05) is 0 Å². The van der Waals surface area contributed by atoms with Crippen molar-refractivity contribution < 1.29 is 27.6 Å². The predicted octanol–water partition coefficient (Wildman–Crippen LogP) is 2.60. The molecule has 1 aliphatic heterocycles. The van der Waals surface area contributed by atoms with Crippen molar-refractivity contribution in [1.29, 1.82) is 0 Å². The van der Waals surface area contributed by atoms with E-state index < -0.39 is 22.5 Å². The Hall–Kier alpha value is -3.37. The number of benzene rings is 1. The van der Waals surface area contributed by atoms with Crippen LogP contribution in [0.25, 0.3) is 12.2 Å². The zero-order valence-corrected chi connectivity index (χ0v) is 12.2. The van der Waals surface area contributed by atoms with Crippen molar-refractivity contribution in [3.05, 3.63) is 55.7 Å². The van der Waals surface area contributed by atoms with Gasteiger partial charge in [0, 0.05) is 5.69 Å². The molecule has 0 saturated heterocycles. The van der Waals surface area contributed by atoms with Crippen molar-refractivity contribution >= 4 is 17.8 Å². The first-order chi connectivity index (χ1) is 11.7. The van der Waals surface area contributed by atoms with E-state index >= 15 is 0 Å². The van der Waals surface area contributed by atoms with Gasteiger partial charge in [0.05, 0.1) is 16.6 Å². The van der Waals surface area contributed by atoms with Crippen molar-refractivity contribution in [2.24, 2.45) is 0 Å². The summed E-state index contributed by atoms with van der Waals surface area (Å²) in [7, 11) is 0. The Morgan fingerprint density at radius 2 is 1.88 bits per heavy atom. The van der Waals surface area contributed by atoms with E-state index in [-0.39, 0.29) is 35.2 Å². The number of hydrogen-bond acceptors (Lipinski definition) is 6. The van der Waals surface area contributed by atoms with Gasteiger partial charge in [-0.15, -0.1) is 0 Å². The minimum Gasteiger partial charge on any atom is -0.454 e. The van der Waals surface area contributed by atoms with Crippen LogP contribution in [0.4, 0.5) is 18.9 Å². The minimum absolute atomic E-state index is 0.0699. The van der Waals surface area contributed by atoms with E-state index in [1.165, 1.54) is 12.1 Å². The molecular weight excluding hydrogens is 347 g/mol. The molecule has 0 fully saturated rings. The standard InChI is InChI=1S/C14H8F3N3O5/c15-14(16,17)12-4-8(18-13(21)19-12)2-1-7-3-10-11(25-6-24-10)5-9(7)20(22)23/h1-5H,6H2,(H,18,19,21). The summed E-state index contributed by atoms with van der Waals surface area (Å²) in [5.41, 5.74) is -3.02. The SMILES string of the molecule is O=c1nc(C(F)(F)F)cc(C=Cc2cc3c(cc2[N+](=O)[O-])OCO3)[nH]1. The molecule has 0 radical (unpaired) electrons. The van der Waals surface area contributed by atoms with Gasteiger partial charge in [-0.1, -0.05) is 0 Å². The van der Waals surface area contributed by atoms with Crippen LogP contribution in [0, 0.1) is 10.1 Å². The van der Waals surface area contributed by atoms with Gasteiger partial charge in [0.1, 0.15) is 0 Å². The molecule has 0 saturated carbocycles. The first-order valence-electron chi connectivity index (χ1n) is 6.69. The first-order valence-corrected chi connectivity index (χ1v) is 6.69. The summed E-state index contributed by atoms with van der Waals surface area (Å²) in [5, 5.41) is 11.1. The number of fused-ring (bicyclic) bond motifs is 1. The smallest absolute Gasteiger partial charge is 0.433 e. The summed E-state index contributed by atoms with van der Waals surface area (Å²) in [6, 6.07) is 3.09. The summed E-state index contributed by atoms with van der Waals surface area (Å²) in [6.45, 7) is -0.0910. The van der Waals surface area contributed by atoms with Gasteiger partial charge < -0.3 is 14.5 Å². The molecule has 0 amide bonds. The third-order valence-electron chi connectivity index (χ3n) is 3.22. The lowest BCUT2D eigenvalue weighted by Gasteiger charge is -2.05. The molecule has 1 aromatic carbocycles. The van der Waals surface area contributed by atoms with Crippen LogP contribution < -0.4 is 15.2 Å². The van der Waals surface area contributed by atoms with E-state index in [4.69, 9.17) is 9.47 Å².